The number of carboxylic acids is 1. The van der Waals surface area contributed by atoms with E-state index in [2.05, 4.69) is 48.7 Å². The lowest BCUT2D eigenvalue weighted by Crippen LogP contribution is -2.41. The Labute approximate surface area is 205 Å². The molecule has 2 heterocycles. The topological polar surface area (TPSA) is 121 Å². The molecule has 2 aromatic rings. The fourth-order valence-electron chi connectivity index (χ4n) is 2.93. The van der Waals surface area contributed by atoms with E-state index in [0.29, 0.717) is 16.8 Å². The first-order valence-electron chi connectivity index (χ1n) is 11.1. The van der Waals surface area contributed by atoms with Gasteiger partial charge in [0, 0.05) is 28.7 Å². The molecule has 0 spiro atoms. The van der Waals surface area contributed by atoms with Gasteiger partial charge in [0.2, 0.25) is 5.95 Å². The summed E-state index contributed by atoms with van der Waals surface area (Å²) in [7, 11) is -2.20. The van der Waals surface area contributed by atoms with Gasteiger partial charge >= 0.3 is 5.97 Å². The summed E-state index contributed by atoms with van der Waals surface area (Å²) in [6.07, 6.45) is 0.941. The van der Waals surface area contributed by atoms with E-state index in [9.17, 15) is 18.8 Å². The van der Waals surface area contributed by atoms with Crippen molar-refractivity contribution in [3.05, 3.63) is 35.2 Å². The van der Waals surface area contributed by atoms with Gasteiger partial charge < -0.3 is 18.6 Å². The van der Waals surface area contributed by atoms with Crippen LogP contribution in [0.5, 0.6) is 0 Å². The number of aromatic nitrogens is 2. The normalized spacial score (nSPS) is 14.8. The van der Waals surface area contributed by atoms with E-state index in [1.807, 2.05) is 0 Å². The summed E-state index contributed by atoms with van der Waals surface area (Å²) in [4.78, 5) is 15.4. The Hall–Kier alpha value is -1.79. The standard InChI is InChI=1S/C23H36FN3O5SSi/c1-14-19(20(32-26-14)17(12-18(28)29)27-33(30)22(2,3)4)15-10-11-25-21(24)16(15)13-31-34(8,9)23(5,6)7/h10-11,17,27H,12-13H2,1-9H3,(H,28,29)/t17?,33-/m0/s1. The Morgan fingerprint density at radius 2 is 1.94 bits per heavy atom. The zero-order chi connectivity index (χ0) is 26.1. The van der Waals surface area contributed by atoms with Gasteiger partial charge in [-0.1, -0.05) is 25.9 Å². The third kappa shape index (κ3) is 6.66. The predicted molar refractivity (Wildman–Crippen MR) is 132 cm³/mol. The second-order valence-electron chi connectivity index (χ2n) is 10.8. The number of hydrogen-bond acceptors (Lipinski definition) is 7. The van der Waals surface area contributed by atoms with Gasteiger partial charge in [-0.15, -0.1) is 4.72 Å². The van der Waals surface area contributed by atoms with Crippen LogP contribution >= 0.6 is 0 Å². The summed E-state index contributed by atoms with van der Waals surface area (Å²) >= 11 is -1.58. The first-order valence-corrected chi connectivity index (χ1v) is 15.1. The monoisotopic (exact) mass is 513 g/mol. The van der Waals surface area contributed by atoms with Gasteiger partial charge in [-0.3, -0.25) is 4.79 Å². The maximum absolute atomic E-state index is 15.0. The Balaban J connectivity index is 2.56. The zero-order valence-electron chi connectivity index (χ0n) is 21.4. The Bertz CT molecular complexity index is 1020. The van der Waals surface area contributed by atoms with Gasteiger partial charge in [0.1, 0.15) is 10.8 Å². The minimum Gasteiger partial charge on any atom is -0.598 e. The molecule has 11 heteroatoms. The quantitative estimate of drug-likeness (QED) is 0.264. The zero-order valence-corrected chi connectivity index (χ0v) is 23.2. The smallest absolute Gasteiger partial charge is 0.305 e. The van der Waals surface area contributed by atoms with Gasteiger partial charge in [0.15, 0.2) is 14.1 Å². The lowest BCUT2D eigenvalue weighted by molar-refractivity contribution is -0.137. The van der Waals surface area contributed by atoms with Crippen LogP contribution in [0.25, 0.3) is 11.1 Å². The second kappa shape index (κ2) is 10.4. The predicted octanol–water partition coefficient (Wildman–Crippen LogP) is 5.27. The number of carbonyl (C=O) groups is 1. The lowest BCUT2D eigenvalue weighted by atomic mass is 9.96. The maximum atomic E-state index is 15.0. The van der Waals surface area contributed by atoms with Crippen LogP contribution in [0.1, 0.15) is 71.0 Å². The fraction of sp³-hybridized carbons (Fsp3) is 0.609. The highest BCUT2D eigenvalue weighted by atomic mass is 32.2. The van der Waals surface area contributed by atoms with Crippen molar-refractivity contribution >= 4 is 25.6 Å². The molecule has 0 aliphatic rings. The van der Waals surface area contributed by atoms with E-state index in [1.165, 1.54) is 6.20 Å². The van der Waals surface area contributed by atoms with Crippen molar-refractivity contribution in [1.29, 1.82) is 0 Å². The average molecular weight is 514 g/mol. The molecular formula is C23H36FN3O5SSi. The third-order valence-electron chi connectivity index (χ3n) is 6.05. The third-order valence-corrected chi connectivity index (χ3v) is 12.1. The highest BCUT2D eigenvalue weighted by molar-refractivity contribution is 7.90. The fourth-order valence-corrected chi connectivity index (χ4v) is 4.67. The van der Waals surface area contributed by atoms with E-state index in [-0.39, 0.29) is 23.0 Å². The van der Waals surface area contributed by atoms with Crippen molar-refractivity contribution in [2.45, 2.75) is 90.4 Å². The molecule has 2 aromatic heterocycles. The number of rotatable bonds is 9. The number of aryl methyl sites for hydroxylation is 1. The van der Waals surface area contributed by atoms with Crippen LogP contribution in [-0.2, 0) is 27.2 Å². The van der Waals surface area contributed by atoms with Crippen molar-refractivity contribution in [2.24, 2.45) is 0 Å². The number of nitrogens with zero attached hydrogens (tertiary/aromatic N) is 2. The van der Waals surface area contributed by atoms with Gasteiger partial charge in [-0.05, 0) is 57.5 Å². The Kier molecular flexibility index (Phi) is 8.74. The van der Waals surface area contributed by atoms with E-state index >= 15 is 0 Å². The summed E-state index contributed by atoms with van der Waals surface area (Å²) in [6, 6.07) is 0.689. The minimum absolute atomic E-state index is 0.000502. The lowest BCUT2D eigenvalue weighted by Gasteiger charge is -2.36. The number of halogens is 1. The van der Waals surface area contributed by atoms with E-state index in [1.54, 1.807) is 33.8 Å². The summed E-state index contributed by atoms with van der Waals surface area (Å²) < 4.78 is 41.8. The van der Waals surface area contributed by atoms with Gasteiger partial charge in [0.05, 0.1) is 18.7 Å². The molecule has 2 rings (SSSR count). The molecule has 2 N–H and O–H groups in total. The highest BCUT2D eigenvalue weighted by Crippen LogP contribution is 2.40. The highest BCUT2D eigenvalue weighted by Gasteiger charge is 2.38. The molecule has 0 bridgehead atoms. The number of hydrogen-bond donors (Lipinski definition) is 2. The van der Waals surface area contributed by atoms with Crippen molar-refractivity contribution in [3.8, 4) is 11.1 Å². The van der Waals surface area contributed by atoms with Crippen LogP contribution in [0.2, 0.25) is 18.1 Å². The van der Waals surface area contributed by atoms with Gasteiger partial charge in [-0.25, -0.2) is 4.98 Å². The molecular weight excluding hydrogens is 477 g/mol. The molecule has 190 valence electrons. The number of nitrogens with one attached hydrogen (secondary N) is 1. The number of aliphatic carboxylic acids is 1. The SMILES string of the molecule is Cc1noc(C(CC(=O)O)N[S@@+]([O-])C(C)(C)C)c1-c1ccnc(F)c1CO[Si](C)(C)C(C)(C)C. The second-order valence-corrected chi connectivity index (χ2v) is 17.6. The van der Waals surface area contributed by atoms with Gasteiger partial charge in [0.25, 0.3) is 0 Å². The first kappa shape index (κ1) is 28.4. The first-order chi connectivity index (χ1) is 15.5. The van der Waals surface area contributed by atoms with Gasteiger partial charge in [-0.2, -0.15) is 4.39 Å². The summed E-state index contributed by atoms with van der Waals surface area (Å²) in [5.74, 6) is -1.61. The van der Waals surface area contributed by atoms with Crippen LogP contribution in [0.15, 0.2) is 16.8 Å². The molecule has 34 heavy (non-hydrogen) atoms. The molecule has 0 aliphatic carbocycles. The van der Waals surface area contributed by atoms with Crippen molar-refractivity contribution in [2.75, 3.05) is 0 Å². The average Bonchev–Trinajstić information content (AvgIpc) is 3.05. The minimum atomic E-state index is -2.20. The van der Waals surface area contributed by atoms with Crippen LogP contribution in [0.3, 0.4) is 0 Å². The molecule has 0 radical (unpaired) electrons. The van der Waals surface area contributed by atoms with Crippen LogP contribution in [0, 0.1) is 12.9 Å². The Morgan fingerprint density at radius 3 is 2.47 bits per heavy atom. The van der Waals surface area contributed by atoms with E-state index in [0.717, 1.165) is 0 Å². The molecule has 0 saturated carbocycles. The number of carboxylic acid groups (broad SMARTS) is 1. The molecule has 0 aromatic carbocycles. The van der Waals surface area contributed by atoms with Crippen molar-refractivity contribution < 1.29 is 27.8 Å². The summed E-state index contributed by atoms with van der Waals surface area (Å²) in [5, 5.41) is 13.4. The number of pyridine rings is 1. The summed E-state index contributed by atoms with van der Waals surface area (Å²) in [6.45, 7) is 17.5. The Morgan fingerprint density at radius 1 is 1.32 bits per heavy atom. The molecule has 0 amide bonds. The van der Waals surface area contributed by atoms with Crippen molar-refractivity contribution in [3.63, 3.8) is 0 Å². The summed E-state index contributed by atoms with van der Waals surface area (Å²) in [5.41, 5.74) is 1.59. The largest absolute Gasteiger partial charge is 0.598 e. The molecule has 0 saturated heterocycles. The molecule has 1 unspecified atom stereocenters. The maximum Gasteiger partial charge on any atom is 0.305 e. The van der Waals surface area contributed by atoms with E-state index < -0.39 is 48.8 Å². The van der Waals surface area contributed by atoms with Crippen LogP contribution in [-0.4, -0.2) is 38.8 Å². The molecule has 2 atom stereocenters. The van der Waals surface area contributed by atoms with E-state index in [4.69, 9.17) is 8.95 Å². The molecule has 8 nitrogen and oxygen atoms in total. The van der Waals surface area contributed by atoms with Crippen LogP contribution < -0.4 is 4.72 Å². The van der Waals surface area contributed by atoms with Crippen molar-refractivity contribution in [1.82, 2.24) is 14.9 Å². The van der Waals surface area contributed by atoms with Crippen LogP contribution in [0.4, 0.5) is 4.39 Å². The molecule has 0 aliphatic heterocycles. The molecule has 0 fully saturated rings.